The third kappa shape index (κ3) is 5.76. The Labute approximate surface area is 138 Å². The van der Waals surface area contributed by atoms with Crippen LogP contribution in [0.25, 0.3) is 0 Å². The Hall–Kier alpha value is -2.32. The number of nitrogens with zero attached hydrogens (tertiary/aromatic N) is 1. The molecule has 0 aliphatic heterocycles. The molecule has 124 valence electrons. The van der Waals surface area contributed by atoms with E-state index in [9.17, 15) is 4.79 Å². The normalized spacial score (nSPS) is 13.8. The van der Waals surface area contributed by atoms with Crippen molar-refractivity contribution in [1.29, 1.82) is 5.26 Å². The minimum absolute atomic E-state index is 0.00562. The molecule has 1 aromatic rings. The fraction of sp³-hybridized carbons (Fsp3) is 0.444. The second-order valence-electron chi connectivity index (χ2n) is 5.41. The molecule has 1 aromatic carbocycles. The van der Waals surface area contributed by atoms with Gasteiger partial charge in [-0.05, 0) is 30.9 Å². The molecule has 23 heavy (non-hydrogen) atoms. The van der Waals surface area contributed by atoms with Crippen LogP contribution in [0.3, 0.4) is 0 Å². The van der Waals surface area contributed by atoms with Crippen molar-refractivity contribution >= 4 is 5.91 Å². The maximum atomic E-state index is 12.2. The van der Waals surface area contributed by atoms with Crippen LogP contribution in [0.1, 0.15) is 44.4 Å². The second-order valence-corrected chi connectivity index (χ2v) is 5.41. The van der Waals surface area contributed by atoms with Crippen molar-refractivity contribution in [3.63, 3.8) is 0 Å². The van der Waals surface area contributed by atoms with Gasteiger partial charge in [-0.3, -0.25) is 4.79 Å². The molecule has 1 rings (SSSR count). The van der Waals surface area contributed by atoms with Gasteiger partial charge in [-0.2, -0.15) is 5.26 Å². The van der Waals surface area contributed by atoms with Crippen molar-refractivity contribution in [2.24, 2.45) is 0 Å². The molecule has 0 saturated carbocycles. The second kappa shape index (κ2) is 9.65. The zero-order valence-electron chi connectivity index (χ0n) is 14.0. The SMILES string of the molecule is CCc1ccc(C(C)NC(=O)/C(C#N)=C\NC(CC)CO)cc1. The number of aliphatic hydroxyl groups excluding tert-OH is 1. The van der Waals surface area contributed by atoms with Crippen molar-refractivity contribution in [1.82, 2.24) is 10.6 Å². The maximum absolute atomic E-state index is 12.2. The summed E-state index contributed by atoms with van der Waals surface area (Å²) in [5.74, 6) is -0.431. The van der Waals surface area contributed by atoms with Gasteiger partial charge < -0.3 is 15.7 Å². The Kier molecular flexibility index (Phi) is 7.86. The predicted molar refractivity (Wildman–Crippen MR) is 90.4 cm³/mol. The molecule has 0 fully saturated rings. The highest BCUT2D eigenvalue weighted by Crippen LogP contribution is 2.14. The van der Waals surface area contributed by atoms with E-state index >= 15 is 0 Å². The van der Waals surface area contributed by atoms with Crippen LogP contribution in [0, 0.1) is 11.3 Å². The average Bonchev–Trinajstić information content (AvgIpc) is 2.58. The van der Waals surface area contributed by atoms with E-state index in [1.807, 2.05) is 44.2 Å². The van der Waals surface area contributed by atoms with Crippen LogP contribution >= 0.6 is 0 Å². The number of hydrogen-bond donors (Lipinski definition) is 3. The van der Waals surface area contributed by atoms with Crippen molar-refractivity contribution in [3.8, 4) is 6.07 Å². The maximum Gasteiger partial charge on any atom is 0.263 e. The van der Waals surface area contributed by atoms with Gasteiger partial charge in [-0.1, -0.05) is 38.1 Å². The summed E-state index contributed by atoms with van der Waals surface area (Å²) in [6.45, 7) is 5.83. The first kappa shape index (κ1) is 18.7. The lowest BCUT2D eigenvalue weighted by Gasteiger charge is -2.15. The number of benzene rings is 1. The molecule has 3 N–H and O–H groups in total. The Balaban J connectivity index is 2.71. The third-order valence-corrected chi connectivity index (χ3v) is 3.78. The van der Waals surface area contributed by atoms with Crippen LogP contribution in [-0.4, -0.2) is 23.7 Å². The minimum Gasteiger partial charge on any atom is -0.394 e. The summed E-state index contributed by atoms with van der Waals surface area (Å²) in [6, 6.07) is 9.57. The lowest BCUT2D eigenvalue weighted by atomic mass is 10.0. The molecule has 5 heteroatoms. The molecule has 2 unspecified atom stereocenters. The molecule has 0 bridgehead atoms. The monoisotopic (exact) mass is 315 g/mol. The molecule has 1 amide bonds. The Morgan fingerprint density at radius 2 is 2.00 bits per heavy atom. The van der Waals surface area contributed by atoms with Gasteiger partial charge in [0, 0.05) is 12.2 Å². The number of carbonyl (C=O) groups excluding carboxylic acids is 1. The Morgan fingerprint density at radius 3 is 2.48 bits per heavy atom. The van der Waals surface area contributed by atoms with Crippen molar-refractivity contribution in [2.75, 3.05) is 6.61 Å². The molecular formula is C18H25N3O2. The predicted octanol–water partition coefficient (Wildman–Crippen LogP) is 2.19. The quantitative estimate of drug-likeness (QED) is 0.507. The van der Waals surface area contributed by atoms with Crippen molar-refractivity contribution < 1.29 is 9.90 Å². The summed E-state index contributed by atoms with van der Waals surface area (Å²) in [7, 11) is 0. The van der Waals surface area contributed by atoms with Crippen molar-refractivity contribution in [2.45, 2.75) is 45.7 Å². The van der Waals surface area contributed by atoms with Crippen LogP contribution in [0.5, 0.6) is 0 Å². The van der Waals surface area contributed by atoms with E-state index in [0.717, 1.165) is 12.0 Å². The summed E-state index contributed by atoms with van der Waals surface area (Å²) in [5.41, 5.74) is 2.22. The zero-order chi connectivity index (χ0) is 17.2. The molecule has 0 aliphatic carbocycles. The first-order chi connectivity index (χ1) is 11.0. The lowest BCUT2D eigenvalue weighted by molar-refractivity contribution is -0.117. The van der Waals surface area contributed by atoms with E-state index in [1.165, 1.54) is 11.8 Å². The number of aryl methyl sites for hydroxylation is 1. The summed E-state index contributed by atoms with van der Waals surface area (Å²) >= 11 is 0. The number of carbonyl (C=O) groups is 1. The van der Waals surface area contributed by atoms with Crippen molar-refractivity contribution in [3.05, 3.63) is 47.2 Å². The fourth-order valence-corrected chi connectivity index (χ4v) is 2.05. The number of hydrogen-bond acceptors (Lipinski definition) is 4. The van der Waals surface area contributed by atoms with E-state index in [-0.39, 0.29) is 24.3 Å². The molecule has 0 spiro atoms. The van der Waals surface area contributed by atoms with Crippen LogP contribution in [0.15, 0.2) is 36.0 Å². The summed E-state index contributed by atoms with van der Waals surface area (Å²) in [4.78, 5) is 12.2. The highest BCUT2D eigenvalue weighted by Gasteiger charge is 2.14. The average molecular weight is 315 g/mol. The van der Waals surface area contributed by atoms with E-state index in [2.05, 4.69) is 17.6 Å². The third-order valence-electron chi connectivity index (χ3n) is 3.78. The molecule has 0 aliphatic rings. The molecule has 0 aromatic heterocycles. The highest BCUT2D eigenvalue weighted by molar-refractivity contribution is 5.97. The lowest BCUT2D eigenvalue weighted by Crippen LogP contribution is -2.31. The highest BCUT2D eigenvalue weighted by atomic mass is 16.3. The number of nitriles is 1. The largest absolute Gasteiger partial charge is 0.394 e. The van der Waals surface area contributed by atoms with Gasteiger partial charge in [0.1, 0.15) is 11.6 Å². The molecular weight excluding hydrogens is 290 g/mol. The minimum atomic E-state index is -0.431. The number of rotatable bonds is 8. The molecule has 0 radical (unpaired) electrons. The van der Waals surface area contributed by atoms with E-state index < -0.39 is 5.91 Å². The molecule has 5 nitrogen and oxygen atoms in total. The summed E-state index contributed by atoms with van der Waals surface area (Å²) < 4.78 is 0. The molecule has 2 atom stereocenters. The number of amides is 1. The van der Waals surface area contributed by atoms with E-state index in [0.29, 0.717) is 6.42 Å². The van der Waals surface area contributed by atoms with Crippen LogP contribution in [0.2, 0.25) is 0 Å². The zero-order valence-corrected chi connectivity index (χ0v) is 14.0. The van der Waals surface area contributed by atoms with Gasteiger partial charge in [0.2, 0.25) is 0 Å². The number of aliphatic hydroxyl groups is 1. The van der Waals surface area contributed by atoms with Gasteiger partial charge >= 0.3 is 0 Å². The van der Waals surface area contributed by atoms with Crippen LogP contribution in [0.4, 0.5) is 0 Å². The smallest absolute Gasteiger partial charge is 0.263 e. The molecule has 0 heterocycles. The van der Waals surface area contributed by atoms with Gasteiger partial charge in [0.15, 0.2) is 0 Å². The van der Waals surface area contributed by atoms with Gasteiger partial charge in [0.25, 0.3) is 5.91 Å². The number of nitrogens with one attached hydrogen (secondary N) is 2. The first-order valence-electron chi connectivity index (χ1n) is 7.92. The van der Waals surface area contributed by atoms with Gasteiger partial charge in [-0.15, -0.1) is 0 Å². The van der Waals surface area contributed by atoms with Gasteiger partial charge in [-0.25, -0.2) is 0 Å². The van der Waals surface area contributed by atoms with E-state index in [4.69, 9.17) is 10.4 Å². The summed E-state index contributed by atoms with van der Waals surface area (Å²) in [5, 5.41) is 23.9. The van der Waals surface area contributed by atoms with Crippen LogP contribution in [-0.2, 0) is 11.2 Å². The van der Waals surface area contributed by atoms with E-state index in [1.54, 1.807) is 0 Å². The standard InChI is InChI=1S/C18H25N3O2/c1-4-14-6-8-15(9-7-14)13(3)21-18(23)16(10-19)11-20-17(5-2)12-22/h6-9,11,13,17,20,22H,4-5,12H2,1-3H3,(H,21,23)/b16-11-. The fourth-order valence-electron chi connectivity index (χ4n) is 2.05. The topological polar surface area (TPSA) is 85.2 Å². The Bertz CT molecular complexity index is 569. The summed E-state index contributed by atoms with van der Waals surface area (Å²) in [6.07, 6.45) is 3.04. The molecule has 0 saturated heterocycles. The van der Waals surface area contributed by atoms with Crippen LogP contribution < -0.4 is 10.6 Å². The van der Waals surface area contributed by atoms with Gasteiger partial charge in [0.05, 0.1) is 12.6 Å². The Morgan fingerprint density at radius 1 is 1.35 bits per heavy atom. The first-order valence-corrected chi connectivity index (χ1v) is 7.92.